The average Bonchev–Trinajstić information content (AvgIpc) is 2.35. The van der Waals surface area contributed by atoms with Crippen molar-refractivity contribution in [3.05, 3.63) is 59.4 Å². The molecule has 0 unspecified atom stereocenters. The number of rotatable bonds is 5. The van der Waals surface area contributed by atoms with E-state index in [1.807, 2.05) is 19.1 Å². The number of aryl methyl sites for hydroxylation is 1. The van der Waals surface area contributed by atoms with E-state index >= 15 is 0 Å². The van der Waals surface area contributed by atoms with Gasteiger partial charge < -0.3 is 5.32 Å². The van der Waals surface area contributed by atoms with E-state index in [1.165, 1.54) is 6.07 Å². The molecule has 0 atom stereocenters. The van der Waals surface area contributed by atoms with Gasteiger partial charge in [-0.2, -0.15) is 0 Å². The van der Waals surface area contributed by atoms with Crippen molar-refractivity contribution in [1.29, 1.82) is 0 Å². The maximum Gasteiger partial charge on any atom is 0.125 e. The highest BCUT2D eigenvalue weighted by Gasteiger charge is 1.97. The van der Waals surface area contributed by atoms with E-state index in [1.54, 1.807) is 18.3 Å². The van der Waals surface area contributed by atoms with Gasteiger partial charge in [-0.3, -0.25) is 0 Å². The van der Waals surface area contributed by atoms with Crippen molar-refractivity contribution >= 4 is 0 Å². The van der Waals surface area contributed by atoms with Gasteiger partial charge in [0, 0.05) is 12.7 Å². The third-order valence-electron chi connectivity index (χ3n) is 2.62. The first-order chi connectivity index (χ1) is 8.74. The maximum absolute atomic E-state index is 12.9. The Bertz CT molecular complexity index is 466. The van der Waals surface area contributed by atoms with Crippen LogP contribution >= 0.6 is 0 Å². The van der Waals surface area contributed by atoms with Gasteiger partial charge in [-0.15, -0.1) is 0 Å². The molecule has 94 valence electrons. The zero-order valence-corrected chi connectivity index (χ0v) is 10.4. The van der Waals surface area contributed by atoms with E-state index in [0.29, 0.717) is 6.54 Å². The average molecular weight is 245 g/mol. The number of nitrogens with zero attached hydrogens (tertiary/aromatic N) is 2. The van der Waals surface area contributed by atoms with E-state index in [-0.39, 0.29) is 5.82 Å². The summed E-state index contributed by atoms with van der Waals surface area (Å²) in [6.07, 6.45) is 2.56. The minimum Gasteiger partial charge on any atom is -0.311 e. The predicted octanol–water partition coefficient (Wildman–Crippen LogP) is 2.26. The quantitative estimate of drug-likeness (QED) is 0.821. The summed E-state index contributed by atoms with van der Waals surface area (Å²) in [5.74, 6) is 0.596. The second-order valence-electron chi connectivity index (χ2n) is 4.15. The number of hydrogen-bond acceptors (Lipinski definition) is 3. The summed E-state index contributed by atoms with van der Waals surface area (Å²) in [4.78, 5) is 8.34. The molecule has 0 aliphatic heterocycles. The number of aromatic nitrogens is 2. The summed E-state index contributed by atoms with van der Waals surface area (Å²) in [5, 5.41) is 3.28. The molecule has 0 radical (unpaired) electrons. The molecule has 4 heteroatoms. The van der Waals surface area contributed by atoms with Crippen LogP contribution in [0.3, 0.4) is 0 Å². The van der Waals surface area contributed by atoms with Gasteiger partial charge in [0.25, 0.3) is 0 Å². The molecule has 2 aromatic rings. The topological polar surface area (TPSA) is 37.8 Å². The van der Waals surface area contributed by atoms with Crippen LogP contribution in [0.25, 0.3) is 0 Å². The van der Waals surface area contributed by atoms with Crippen molar-refractivity contribution in [2.24, 2.45) is 0 Å². The number of nitrogens with one attached hydrogen (secondary N) is 1. The zero-order chi connectivity index (χ0) is 12.8. The third-order valence-corrected chi connectivity index (χ3v) is 2.62. The molecule has 0 aliphatic carbocycles. The van der Waals surface area contributed by atoms with Crippen LogP contribution in [0.4, 0.5) is 4.39 Å². The maximum atomic E-state index is 12.9. The molecule has 1 aromatic heterocycles. The Kier molecular flexibility index (Phi) is 4.36. The van der Waals surface area contributed by atoms with E-state index in [4.69, 9.17) is 0 Å². The Morgan fingerprint density at radius 3 is 2.94 bits per heavy atom. The van der Waals surface area contributed by atoms with Crippen LogP contribution in [-0.2, 0) is 13.0 Å². The van der Waals surface area contributed by atoms with Crippen LogP contribution in [0.2, 0.25) is 0 Å². The summed E-state index contributed by atoms with van der Waals surface area (Å²) in [7, 11) is 0. The van der Waals surface area contributed by atoms with Crippen LogP contribution in [-0.4, -0.2) is 16.5 Å². The van der Waals surface area contributed by atoms with Gasteiger partial charge in [-0.1, -0.05) is 12.1 Å². The Labute approximate surface area is 106 Å². The highest BCUT2D eigenvalue weighted by molar-refractivity contribution is 5.16. The van der Waals surface area contributed by atoms with Gasteiger partial charge in [0.05, 0.1) is 5.69 Å². The lowest BCUT2D eigenvalue weighted by Crippen LogP contribution is -2.17. The summed E-state index contributed by atoms with van der Waals surface area (Å²) >= 11 is 0. The molecule has 1 N–H and O–H groups in total. The zero-order valence-electron chi connectivity index (χ0n) is 10.4. The molecular formula is C14H16FN3. The van der Waals surface area contributed by atoms with Crippen molar-refractivity contribution in [2.45, 2.75) is 19.9 Å². The van der Waals surface area contributed by atoms with Gasteiger partial charge in [0.15, 0.2) is 0 Å². The molecular weight excluding hydrogens is 229 g/mol. The molecule has 2 rings (SSSR count). The second-order valence-corrected chi connectivity index (χ2v) is 4.15. The van der Waals surface area contributed by atoms with Crippen LogP contribution in [0.5, 0.6) is 0 Å². The standard InChI is InChI=1S/C14H16FN3/c1-11-17-8-6-14(18-11)10-16-7-5-12-3-2-4-13(15)9-12/h2-4,6,8-9,16H,5,7,10H2,1H3. The first-order valence-corrected chi connectivity index (χ1v) is 5.98. The van der Waals surface area contributed by atoms with Crippen LogP contribution in [0.15, 0.2) is 36.5 Å². The largest absolute Gasteiger partial charge is 0.311 e. The number of benzene rings is 1. The van der Waals surface area contributed by atoms with Gasteiger partial charge in [0.2, 0.25) is 0 Å². The molecule has 0 fully saturated rings. The highest BCUT2D eigenvalue weighted by Crippen LogP contribution is 2.03. The third kappa shape index (κ3) is 3.89. The fourth-order valence-corrected chi connectivity index (χ4v) is 1.75. The fraction of sp³-hybridized carbons (Fsp3) is 0.286. The predicted molar refractivity (Wildman–Crippen MR) is 68.6 cm³/mol. The van der Waals surface area contributed by atoms with E-state index in [2.05, 4.69) is 15.3 Å². The molecule has 0 spiro atoms. The lowest BCUT2D eigenvalue weighted by Gasteiger charge is -2.05. The molecule has 18 heavy (non-hydrogen) atoms. The summed E-state index contributed by atoms with van der Waals surface area (Å²) < 4.78 is 12.9. The molecule has 0 saturated carbocycles. The number of hydrogen-bond donors (Lipinski definition) is 1. The lowest BCUT2D eigenvalue weighted by atomic mass is 10.1. The second kappa shape index (κ2) is 6.21. The van der Waals surface area contributed by atoms with E-state index < -0.39 is 0 Å². The molecule has 0 aliphatic rings. The molecule has 0 amide bonds. The van der Waals surface area contributed by atoms with Crippen molar-refractivity contribution in [3.8, 4) is 0 Å². The molecule has 0 bridgehead atoms. The normalized spacial score (nSPS) is 10.6. The molecule has 1 aromatic carbocycles. The Morgan fingerprint density at radius 1 is 1.28 bits per heavy atom. The van der Waals surface area contributed by atoms with Crippen molar-refractivity contribution in [2.75, 3.05) is 6.54 Å². The van der Waals surface area contributed by atoms with Crippen molar-refractivity contribution in [3.63, 3.8) is 0 Å². The van der Waals surface area contributed by atoms with Gasteiger partial charge in [0.1, 0.15) is 11.6 Å². The first kappa shape index (κ1) is 12.6. The Morgan fingerprint density at radius 2 is 2.17 bits per heavy atom. The monoisotopic (exact) mass is 245 g/mol. The Balaban J connectivity index is 1.76. The Hall–Kier alpha value is -1.81. The molecule has 1 heterocycles. The first-order valence-electron chi connectivity index (χ1n) is 5.98. The van der Waals surface area contributed by atoms with Crippen LogP contribution in [0, 0.1) is 12.7 Å². The van der Waals surface area contributed by atoms with E-state index in [9.17, 15) is 4.39 Å². The molecule has 0 saturated heterocycles. The minimum absolute atomic E-state index is 0.182. The van der Waals surface area contributed by atoms with Gasteiger partial charge in [-0.25, -0.2) is 14.4 Å². The smallest absolute Gasteiger partial charge is 0.125 e. The van der Waals surface area contributed by atoms with Gasteiger partial charge in [-0.05, 0) is 43.7 Å². The summed E-state index contributed by atoms with van der Waals surface area (Å²) in [6.45, 7) is 3.38. The summed E-state index contributed by atoms with van der Waals surface area (Å²) in [6, 6.07) is 8.58. The number of halogens is 1. The van der Waals surface area contributed by atoms with Crippen molar-refractivity contribution in [1.82, 2.24) is 15.3 Å². The fourth-order valence-electron chi connectivity index (χ4n) is 1.75. The van der Waals surface area contributed by atoms with Crippen LogP contribution in [0.1, 0.15) is 17.1 Å². The molecule has 3 nitrogen and oxygen atoms in total. The minimum atomic E-state index is -0.182. The lowest BCUT2D eigenvalue weighted by molar-refractivity contribution is 0.622. The van der Waals surface area contributed by atoms with Gasteiger partial charge >= 0.3 is 0 Å². The SMILES string of the molecule is Cc1nccc(CNCCc2cccc(F)c2)n1. The highest BCUT2D eigenvalue weighted by atomic mass is 19.1. The van der Waals surface area contributed by atoms with E-state index in [0.717, 1.165) is 30.0 Å². The van der Waals surface area contributed by atoms with Crippen molar-refractivity contribution < 1.29 is 4.39 Å². The van der Waals surface area contributed by atoms with Crippen LogP contribution < -0.4 is 5.32 Å². The summed E-state index contributed by atoms with van der Waals surface area (Å²) in [5.41, 5.74) is 1.98.